The number of esters is 2. The molecule has 16 atom stereocenters. The number of hydrogen-bond acceptors (Lipinski definition) is 27. The summed E-state index contributed by atoms with van der Waals surface area (Å²) in [6.07, 6.45) is -13.0. The summed E-state index contributed by atoms with van der Waals surface area (Å²) in [5.74, 6) is -10.6. The van der Waals surface area contributed by atoms with E-state index in [1.165, 1.54) is 44.4 Å². The fourth-order valence-corrected chi connectivity index (χ4v) is 12.3. The lowest BCUT2D eigenvalue weighted by atomic mass is 9.89. The predicted molar refractivity (Wildman–Crippen MR) is 413 cm³/mol. The number of aliphatic hydroxyl groups excluding tert-OH is 7. The maximum absolute atomic E-state index is 14.3. The summed E-state index contributed by atoms with van der Waals surface area (Å²) in [7, 11) is 5.12. The molecular formula is C76H129N13O25. The van der Waals surface area contributed by atoms with Crippen molar-refractivity contribution in [2.24, 2.45) is 23.7 Å². The summed E-state index contributed by atoms with van der Waals surface area (Å²) in [5.41, 5.74) is -1.32. The molecule has 114 heavy (non-hydrogen) atoms. The lowest BCUT2D eigenvalue weighted by molar-refractivity contribution is -0.159. The monoisotopic (exact) mass is 1620 g/mol. The number of nitrogens with one attached hydrogen (secondary N) is 10. The zero-order valence-electron chi connectivity index (χ0n) is 69.0. The summed E-state index contributed by atoms with van der Waals surface area (Å²) in [6.45, 7) is 18.7. The van der Waals surface area contributed by atoms with Crippen LogP contribution in [0.25, 0.3) is 0 Å². The SMILES string of the molecule is CC[C@H](C)[C@@H]([C@H](O)CC(=O)N1CCC[C@H]1[C@H](O)[C@@H](C)C(=O)N[C@@H](Cc1ccccc1)C(=O)NCCCOC(=O)C(C)NC(=O)CCNC(=O)OCC(NC(=O)CNCC(=O)CNC(=O)OC(C)(C)C)C(=O)NC(CCC(=O)NC[C@H](O)[C@@H](O)[C@H](O)[C@H](O)CO)C(=O)OC(C)(C)C)N(C)C(=O)[C@@H](NC(=O)[C@H](C(C)C)N(C)C)C(C)C. The maximum atomic E-state index is 14.3. The van der Waals surface area contributed by atoms with Crippen molar-refractivity contribution in [1.29, 1.82) is 0 Å². The van der Waals surface area contributed by atoms with Gasteiger partial charge in [-0.3, -0.25) is 52.8 Å². The number of alkyl carbamates (subject to hydrolysis) is 2. The average molecular weight is 1620 g/mol. The summed E-state index contributed by atoms with van der Waals surface area (Å²) in [5, 5.41) is 97.6. The summed E-state index contributed by atoms with van der Waals surface area (Å²) in [6, 6.07) is -0.186. The fourth-order valence-electron chi connectivity index (χ4n) is 12.3. The van der Waals surface area contributed by atoms with Gasteiger partial charge in [0.1, 0.15) is 66.3 Å². The zero-order chi connectivity index (χ0) is 86.7. The van der Waals surface area contributed by atoms with Crippen LogP contribution in [0, 0.1) is 23.7 Å². The summed E-state index contributed by atoms with van der Waals surface area (Å²) >= 11 is 0. The minimum atomic E-state index is -2.01. The second-order valence-corrected chi connectivity index (χ2v) is 31.5. The third-order valence-corrected chi connectivity index (χ3v) is 18.5. The molecular weight excluding hydrogens is 1490 g/mol. The second kappa shape index (κ2) is 49.9. The maximum Gasteiger partial charge on any atom is 0.408 e. The Morgan fingerprint density at radius 3 is 1.81 bits per heavy atom. The lowest BCUT2D eigenvalue weighted by Gasteiger charge is -2.40. The van der Waals surface area contributed by atoms with Gasteiger partial charge in [-0.2, -0.15) is 0 Å². The largest absolute Gasteiger partial charge is 0.464 e. The zero-order valence-corrected chi connectivity index (χ0v) is 69.0. The van der Waals surface area contributed by atoms with E-state index in [0.29, 0.717) is 24.8 Å². The second-order valence-electron chi connectivity index (χ2n) is 31.5. The molecule has 1 aliphatic rings. The van der Waals surface area contributed by atoms with Crippen LogP contribution in [0.4, 0.5) is 9.59 Å². The Hall–Kier alpha value is -8.76. The number of likely N-dealkylation sites (N-methyl/N-ethyl adjacent to an activating group) is 2. The molecule has 1 aromatic carbocycles. The Labute approximate surface area is 667 Å². The minimum absolute atomic E-state index is 0.0297. The van der Waals surface area contributed by atoms with E-state index < -0.39 is 251 Å². The molecule has 0 radical (unpaired) electrons. The molecule has 0 spiro atoms. The summed E-state index contributed by atoms with van der Waals surface area (Å²) < 4.78 is 21.1. The molecule has 0 aromatic heterocycles. The van der Waals surface area contributed by atoms with E-state index in [0.717, 1.165) is 0 Å². The van der Waals surface area contributed by atoms with E-state index in [1.807, 2.05) is 41.5 Å². The quantitative estimate of drug-likeness (QED) is 0.0176. The fraction of sp³-hybridized carbons (Fsp3) is 0.737. The van der Waals surface area contributed by atoms with Crippen LogP contribution in [0.5, 0.6) is 0 Å². The van der Waals surface area contributed by atoms with Crippen LogP contribution in [-0.4, -0.2) is 316 Å². The Morgan fingerprint density at radius 2 is 1.22 bits per heavy atom. The van der Waals surface area contributed by atoms with E-state index >= 15 is 0 Å². The number of likely N-dealkylation sites (tertiary alicyclic amines) is 1. The van der Waals surface area contributed by atoms with E-state index in [1.54, 1.807) is 77.1 Å². The van der Waals surface area contributed by atoms with E-state index in [2.05, 4.69) is 53.2 Å². The van der Waals surface area contributed by atoms with Crippen molar-refractivity contribution in [3.05, 3.63) is 35.9 Å². The third kappa shape index (κ3) is 36.8. The van der Waals surface area contributed by atoms with Gasteiger partial charge in [0.25, 0.3) is 0 Å². The van der Waals surface area contributed by atoms with E-state index in [4.69, 9.17) is 24.1 Å². The van der Waals surface area contributed by atoms with Crippen LogP contribution < -0.4 is 53.2 Å². The van der Waals surface area contributed by atoms with Crippen LogP contribution >= 0.6 is 0 Å². The first kappa shape index (κ1) is 101. The molecule has 2 rings (SSSR count). The third-order valence-electron chi connectivity index (χ3n) is 18.5. The van der Waals surface area contributed by atoms with Gasteiger partial charge in [0.2, 0.25) is 53.2 Å². The molecule has 3 unspecified atom stereocenters. The van der Waals surface area contributed by atoms with Crippen molar-refractivity contribution in [3.8, 4) is 0 Å². The highest BCUT2D eigenvalue weighted by molar-refractivity contribution is 5.93. The molecule has 11 amide bonds. The number of ketones is 1. The minimum Gasteiger partial charge on any atom is -0.464 e. The van der Waals surface area contributed by atoms with Gasteiger partial charge in [-0.1, -0.05) is 85.2 Å². The number of Topliss-reactive ketones (excluding diaryl/α,β-unsaturated/α-hetero) is 1. The van der Waals surface area contributed by atoms with Crippen LogP contribution in [0.3, 0.4) is 0 Å². The number of hydrogen-bond donors (Lipinski definition) is 17. The molecule has 1 fully saturated rings. The molecule has 38 nitrogen and oxygen atoms in total. The molecule has 0 aliphatic carbocycles. The van der Waals surface area contributed by atoms with Crippen molar-refractivity contribution in [2.45, 2.75) is 251 Å². The molecule has 1 aliphatic heterocycles. The van der Waals surface area contributed by atoms with Crippen LogP contribution in [0.2, 0.25) is 0 Å². The number of ether oxygens (including phenoxy) is 4. The van der Waals surface area contributed by atoms with E-state index in [-0.39, 0.29) is 56.2 Å². The van der Waals surface area contributed by atoms with E-state index in [9.17, 15) is 97.8 Å². The molecule has 1 aromatic rings. The number of rotatable bonds is 49. The van der Waals surface area contributed by atoms with Crippen molar-refractivity contribution >= 4 is 83.1 Å². The highest BCUT2D eigenvalue weighted by Gasteiger charge is 2.43. The first-order chi connectivity index (χ1) is 53.1. The molecule has 0 bridgehead atoms. The molecule has 648 valence electrons. The Kier molecular flexibility index (Phi) is 44.3. The van der Waals surface area contributed by atoms with Crippen molar-refractivity contribution in [3.63, 3.8) is 0 Å². The molecule has 1 heterocycles. The van der Waals surface area contributed by atoms with Gasteiger partial charge >= 0.3 is 24.1 Å². The Bertz CT molecular complexity index is 3280. The van der Waals surface area contributed by atoms with Gasteiger partial charge in [-0.25, -0.2) is 19.2 Å². The molecule has 1 saturated heterocycles. The molecule has 38 heteroatoms. The number of carbonyl (C=O) groups excluding carboxylic acids is 14. The van der Waals surface area contributed by atoms with Gasteiger partial charge in [0.15, 0.2) is 5.78 Å². The normalized spacial score (nSPS) is 17.0. The van der Waals surface area contributed by atoms with Gasteiger partial charge < -0.3 is 118 Å². The lowest BCUT2D eigenvalue weighted by Crippen LogP contribution is -2.59. The number of benzene rings is 1. The standard InChI is InChI=1S/C76H129N13O25/c1-18-44(6)62(88(17)70(106)60(42(2)3)86-69(105)61(43(4)5)87(15)16)53(92)35-59(98)89-32-22-26-52(89)63(99)45(7)66(102)85-50(34-47-24-20-19-21-25-47)67(103)78-30-23-33-111-71(107)46(8)82-57(96)29-31-79-73(109)112-41-51(83-58(97)39-77-36-48(91)37-81-74(110)114-76(12,13)14)68(104)84-49(72(108)113-75(9,10)11)27-28-56(95)80-38-54(93)64(100)65(101)55(94)40-90/h19-21,24-25,42-46,49-55,60-65,77,90,92-94,99-101H,18,22-23,26-41H2,1-17H3,(H,78,103)(H,79,109)(H,80,95)(H,81,110)(H,82,96)(H,83,97)(H,84,104)(H,85,102)(H,86,105)/t44-,45+,46?,49?,50-,51?,52-,53+,54-,55+,60-,61-,62-,63+,64+,65+/m0/s1. The number of amides is 11. The van der Waals surface area contributed by atoms with Gasteiger partial charge in [-0.05, 0) is 112 Å². The Morgan fingerprint density at radius 1 is 0.596 bits per heavy atom. The predicted octanol–water partition coefficient (Wildman–Crippen LogP) is -2.95. The Balaban J connectivity index is 2.10. The van der Waals surface area contributed by atoms with Crippen LogP contribution in [-0.2, 0) is 82.9 Å². The number of aliphatic hydroxyl groups is 7. The van der Waals surface area contributed by atoms with Gasteiger partial charge in [-0.15, -0.1) is 0 Å². The summed E-state index contributed by atoms with van der Waals surface area (Å²) in [4.78, 5) is 192. The number of carbonyl (C=O) groups is 14. The first-order valence-corrected chi connectivity index (χ1v) is 38.6. The smallest absolute Gasteiger partial charge is 0.408 e. The van der Waals surface area contributed by atoms with Crippen LogP contribution in [0.15, 0.2) is 30.3 Å². The topological polar surface area (TPSA) is 548 Å². The molecule has 17 N–H and O–H groups in total. The molecule has 0 saturated carbocycles. The van der Waals surface area contributed by atoms with Crippen molar-refractivity contribution < 1.29 is 122 Å². The van der Waals surface area contributed by atoms with Crippen molar-refractivity contribution in [1.82, 2.24) is 67.9 Å². The van der Waals surface area contributed by atoms with Crippen molar-refractivity contribution in [2.75, 3.05) is 86.8 Å². The average Bonchev–Trinajstić information content (AvgIpc) is 1.52. The first-order valence-electron chi connectivity index (χ1n) is 38.6. The number of nitrogens with zero attached hydrogens (tertiary/aromatic N) is 3. The van der Waals surface area contributed by atoms with Gasteiger partial charge in [0, 0.05) is 52.5 Å². The van der Waals surface area contributed by atoms with Crippen LogP contribution in [0.1, 0.15) is 154 Å². The highest BCUT2D eigenvalue weighted by Crippen LogP contribution is 2.28. The van der Waals surface area contributed by atoms with Gasteiger partial charge in [0.05, 0.1) is 81.6 Å². The highest BCUT2D eigenvalue weighted by atomic mass is 16.6.